The van der Waals surface area contributed by atoms with Gasteiger partial charge >= 0.3 is 0 Å². The summed E-state index contributed by atoms with van der Waals surface area (Å²) in [6, 6.07) is 0. The predicted molar refractivity (Wildman–Crippen MR) is 45.2 cm³/mol. The Bertz CT molecular complexity index is 165. The van der Waals surface area contributed by atoms with Gasteiger partial charge < -0.3 is 4.90 Å². The van der Waals surface area contributed by atoms with E-state index in [0.717, 1.165) is 19.5 Å². The molecule has 1 amide bonds. The predicted octanol–water partition coefficient (Wildman–Crippen LogP) is 1.43. The molecule has 0 spiro atoms. The van der Waals surface area contributed by atoms with Crippen LogP contribution in [0.15, 0.2) is 12.7 Å². The molecule has 0 radical (unpaired) electrons. The van der Waals surface area contributed by atoms with Crippen molar-refractivity contribution in [2.45, 2.75) is 19.8 Å². The molecule has 0 bridgehead atoms. The third-order valence-corrected chi connectivity index (χ3v) is 2.07. The average Bonchev–Trinajstić information content (AvgIpc) is 2.33. The number of amides is 1. The summed E-state index contributed by atoms with van der Waals surface area (Å²) in [5.74, 6) is 0.686. The van der Waals surface area contributed by atoms with Crippen LogP contribution in [-0.2, 0) is 4.79 Å². The molecule has 0 aromatic heterocycles. The fourth-order valence-electron chi connectivity index (χ4n) is 1.45. The summed E-state index contributed by atoms with van der Waals surface area (Å²) < 4.78 is 0. The van der Waals surface area contributed by atoms with Crippen molar-refractivity contribution < 1.29 is 4.79 Å². The minimum atomic E-state index is 0.289. The van der Waals surface area contributed by atoms with Gasteiger partial charge in [0.1, 0.15) is 0 Å². The molecule has 1 saturated heterocycles. The molecule has 0 aliphatic carbocycles. The van der Waals surface area contributed by atoms with E-state index in [9.17, 15) is 4.79 Å². The molecular formula is C9H15NO. The second-order valence-corrected chi connectivity index (χ2v) is 3.04. The normalized spacial score (nSPS) is 24.3. The van der Waals surface area contributed by atoms with Gasteiger partial charge in [0, 0.05) is 25.4 Å². The fourth-order valence-corrected chi connectivity index (χ4v) is 1.45. The lowest BCUT2D eigenvalue weighted by Gasteiger charge is -2.13. The van der Waals surface area contributed by atoms with Crippen molar-refractivity contribution in [1.82, 2.24) is 4.90 Å². The number of carbonyl (C=O) groups is 1. The van der Waals surface area contributed by atoms with Crippen molar-refractivity contribution in [3.05, 3.63) is 12.7 Å². The summed E-state index contributed by atoms with van der Waals surface area (Å²) in [6.07, 6.45) is 3.60. The Hall–Kier alpha value is -0.790. The second kappa shape index (κ2) is 3.56. The van der Waals surface area contributed by atoms with Crippen LogP contribution < -0.4 is 0 Å². The highest BCUT2D eigenvalue weighted by atomic mass is 16.2. The van der Waals surface area contributed by atoms with Gasteiger partial charge in [-0.15, -0.1) is 6.58 Å². The van der Waals surface area contributed by atoms with E-state index < -0.39 is 0 Å². The largest absolute Gasteiger partial charge is 0.342 e. The molecule has 2 nitrogen and oxygen atoms in total. The Morgan fingerprint density at radius 2 is 2.55 bits per heavy atom. The van der Waals surface area contributed by atoms with Gasteiger partial charge in [0.05, 0.1) is 0 Å². The number of hydrogen-bond donors (Lipinski definition) is 0. The van der Waals surface area contributed by atoms with E-state index in [1.54, 1.807) is 0 Å². The highest BCUT2D eigenvalue weighted by Crippen LogP contribution is 2.17. The maximum atomic E-state index is 11.2. The van der Waals surface area contributed by atoms with Gasteiger partial charge in [-0.3, -0.25) is 4.79 Å². The standard InChI is InChI=1S/C9H15NO/c1-3-5-10-7-8(4-2)6-9(10)11/h4,8H,2-3,5-7H2,1H3. The number of rotatable bonds is 3. The van der Waals surface area contributed by atoms with Gasteiger partial charge in [-0.25, -0.2) is 0 Å². The first kappa shape index (κ1) is 8.31. The Morgan fingerprint density at radius 1 is 1.82 bits per heavy atom. The van der Waals surface area contributed by atoms with Crippen LogP contribution in [0.3, 0.4) is 0 Å². The molecule has 62 valence electrons. The number of nitrogens with zero attached hydrogens (tertiary/aromatic N) is 1. The van der Waals surface area contributed by atoms with Gasteiger partial charge in [-0.1, -0.05) is 13.0 Å². The second-order valence-electron chi connectivity index (χ2n) is 3.04. The summed E-state index contributed by atoms with van der Waals surface area (Å²) in [6.45, 7) is 7.58. The number of carbonyl (C=O) groups excluding carboxylic acids is 1. The Labute approximate surface area is 67.9 Å². The van der Waals surface area contributed by atoms with Crippen molar-refractivity contribution in [3.8, 4) is 0 Å². The third-order valence-electron chi connectivity index (χ3n) is 2.07. The molecule has 2 heteroatoms. The maximum Gasteiger partial charge on any atom is 0.223 e. The first-order valence-corrected chi connectivity index (χ1v) is 4.18. The minimum Gasteiger partial charge on any atom is -0.342 e. The number of likely N-dealkylation sites (tertiary alicyclic amines) is 1. The SMILES string of the molecule is C=CC1CC(=O)N(CCC)C1. The van der Waals surface area contributed by atoms with Crippen LogP contribution in [-0.4, -0.2) is 23.9 Å². The summed E-state index contributed by atoms with van der Waals surface area (Å²) in [4.78, 5) is 13.1. The van der Waals surface area contributed by atoms with Crippen molar-refractivity contribution in [2.24, 2.45) is 5.92 Å². The van der Waals surface area contributed by atoms with Crippen LogP contribution in [0.1, 0.15) is 19.8 Å². The van der Waals surface area contributed by atoms with Crippen LogP contribution in [0.2, 0.25) is 0 Å². The summed E-state index contributed by atoms with van der Waals surface area (Å²) in [5, 5.41) is 0. The highest BCUT2D eigenvalue weighted by Gasteiger charge is 2.26. The average molecular weight is 153 g/mol. The van der Waals surface area contributed by atoms with Gasteiger partial charge in [-0.2, -0.15) is 0 Å². The molecular weight excluding hydrogens is 138 g/mol. The quantitative estimate of drug-likeness (QED) is 0.562. The van der Waals surface area contributed by atoms with Crippen LogP contribution in [0.25, 0.3) is 0 Å². The first-order valence-electron chi connectivity index (χ1n) is 4.18. The van der Waals surface area contributed by atoms with Gasteiger partial charge in [0.25, 0.3) is 0 Å². The zero-order valence-electron chi connectivity index (χ0n) is 7.05. The minimum absolute atomic E-state index is 0.289. The van der Waals surface area contributed by atoms with E-state index in [2.05, 4.69) is 13.5 Å². The smallest absolute Gasteiger partial charge is 0.223 e. The lowest BCUT2D eigenvalue weighted by molar-refractivity contribution is -0.127. The van der Waals surface area contributed by atoms with Crippen LogP contribution in [0.4, 0.5) is 0 Å². The molecule has 1 heterocycles. The van der Waals surface area contributed by atoms with Gasteiger partial charge in [0.15, 0.2) is 0 Å². The molecule has 0 N–H and O–H groups in total. The zero-order valence-corrected chi connectivity index (χ0v) is 7.05. The third kappa shape index (κ3) is 1.82. The van der Waals surface area contributed by atoms with E-state index in [1.807, 2.05) is 11.0 Å². The molecule has 11 heavy (non-hydrogen) atoms. The lowest BCUT2D eigenvalue weighted by Crippen LogP contribution is -2.25. The topological polar surface area (TPSA) is 20.3 Å². The monoisotopic (exact) mass is 153 g/mol. The molecule has 1 atom stereocenters. The molecule has 1 aliphatic rings. The first-order chi connectivity index (χ1) is 5.27. The molecule has 1 fully saturated rings. The van der Waals surface area contributed by atoms with Crippen LogP contribution in [0, 0.1) is 5.92 Å². The summed E-state index contributed by atoms with van der Waals surface area (Å²) >= 11 is 0. The van der Waals surface area contributed by atoms with E-state index >= 15 is 0 Å². The fraction of sp³-hybridized carbons (Fsp3) is 0.667. The Balaban J connectivity index is 2.44. The molecule has 1 aliphatic heterocycles. The summed E-state index contributed by atoms with van der Waals surface area (Å²) in [5.41, 5.74) is 0. The van der Waals surface area contributed by atoms with Crippen LogP contribution in [0.5, 0.6) is 0 Å². The lowest BCUT2D eigenvalue weighted by atomic mass is 10.1. The Kier molecular flexibility index (Phi) is 2.69. The molecule has 1 unspecified atom stereocenters. The van der Waals surface area contributed by atoms with E-state index in [4.69, 9.17) is 0 Å². The Morgan fingerprint density at radius 3 is 3.00 bits per heavy atom. The van der Waals surface area contributed by atoms with E-state index in [-0.39, 0.29) is 5.91 Å². The molecule has 0 saturated carbocycles. The number of hydrogen-bond acceptors (Lipinski definition) is 1. The highest BCUT2D eigenvalue weighted by molar-refractivity contribution is 5.78. The van der Waals surface area contributed by atoms with E-state index in [0.29, 0.717) is 12.3 Å². The van der Waals surface area contributed by atoms with Crippen molar-refractivity contribution >= 4 is 5.91 Å². The van der Waals surface area contributed by atoms with Crippen molar-refractivity contribution in [1.29, 1.82) is 0 Å². The molecule has 0 aromatic rings. The van der Waals surface area contributed by atoms with Crippen molar-refractivity contribution in [2.75, 3.05) is 13.1 Å². The van der Waals surface area contributed by atoms with Crippen LogP contribution >= 0.6 is 0 Å². The molecule has 0 aromatic carbocycles. The van der Waals surface area contributed by atoms with Gasteiger partial charge in [-0.05, 0) is 6.42 Å². The molecule has 1 rings (SSSR count). The maximum absolute atomic E-state index is 11.2. The zero-order chi connectivity index (χ0) is 8.27. The van der Waals surface area contributed by atoms with E-state index in [1.165, 1.54) is 0 Å². The van der Waals surface area contributed by atoms with Crippen molar-refractivity contribution in [3.63, 3.8) is 0 Å². The van der Waals surface area contributed by atoms with Gasteiger partial charge in [0.2, 0.25) is 5.91 Å². The summed E-state index contributed by atoms with van der Waals surface area (Å²) in [7, 11) is 0.